The number of anilines is 1. The molecule has 39 heavy (non-hydrogen) atoms. The molecule has 2 aliphatic heterocycles. The number of aryl methyl sites for hydroxylation is 1. The van der Waals surface area contributed by atoms with Gasteiger partial charge in [0.1, 0.15) is 29.8 Å². The number of urea groups is 1. The third kappa shape index (κ3) is 6.06. The Labute approximate surface area is 224 Å². The smallest absolute Gasteiger partial charge is 0.341 e. The number of rotatable bonds is 8. The molecule has 0 bridgehead atoms. The molecule has 10 heteroatoms. The van der Waals surface area contributed by atoms with E-state index in [2.05, 4.69) is 15.6 Å². The number of carbonyl (C=O) groups excluding carboxylic acids is 3. The summed E-state index contributed by atoms with van der Waals surface area (Å²) in [6.45, 7) is -0.242. The number of halogens is 1. The van der Waals surface area contributed by atoms with Gasteiger partial charge in [-0.3, -0.25) is 9.59 Å². The van der Waals surface area contributed by atoms with E-state index < -0.39 is 29.8 Å². The van der Waals surface area contributed by atoms with Crippen LogP contribution in [0.2, 0.25) is 0 Å². The van der Waals surface area contributed by atoms with Gasteiger partial charge in [0, 0.05) is 5.71 Å². The highest BCUT2D eigenvalue weighted by Gasteiger charge is 2.40. The number of hydrogen-bond acceptors (Lipinski definition) is 6. The van der Waals surface area contributed by atoms with E-state index in [4.69, 9.17) is 14.2 Å². The minimum absolute atomic E-state index is 0.0946. The summed E-state index contributed by atoms with van der Waals surface area (Å²) in [6.07, 6.45) is 0.805. The maximum absolute atomic E-state index is 13.7. The van der Waals surface area contributed by atoms with Gasteiger partial charge in [-0.25, -0.2) is 14.2 Å². The second kappa shape index (κ2) is 11.3. The number of methoxy groups -OCH3 is 1. The molecule has 2 aliphatic rings. The maximum Gasteiger partial charge on any atom is 0.341 e. The third-order valence-corrected chi connectivity index (χ3v) is 6.54. The largest absolute Gasteiger partial charge is 0.497 e. The lowest BCUT2D eigenvalue weighted by Crippen LogP contribution is -2.45. The van der Waals surface area contributed by atoms with Gasteiger partial charge in [-0.15, -0.1) is 0 Å². The molecule has 3 aromatic carbocycles. The Morgan fingerprint density at radius 2 is 1.87 bits per heavy atom. The van der Waals surface area contributed by atoms with Gasteiger partial charge in [-0.1, -0.05) is 30.3 Å². The van der Waals surface area contributed by atoms with Crippen LogP contribution >= 0.6 is 0 Å². The number of ether oxygens (including phenoxy) is 3. The normalized spacial score (nSPS) is 18.2. The first-order valence-electron chi connectivity index (χ1n) is 12.4. The molecule has 200 valence electrons. The SMILES string of the molecule is COc1cccc(CCC2=NC(=O)NC(c3ccc4c(c3)NC(=O)CO4)C2C(=O)OCc2cccc(F)c2)c1. The molecule has 3 amide bonds. The quantitative estimate of drug-likeness (QED) is 0.418. The van der Waals surface area contributed by atoms with Crippen LogP contribution in [0.4, 0.5) is 14.9 Å². The molecule has 2 atom stereocenters. The minimum Gasteiger partial charge on any atom is -0.497 e. The predicted octanol–water partition coefficient (Wildman–Crippen LogP) is 4.36. The van der Waals surface area contributed by atoms with Crippen molar-refractivity contribution in [3.05, 3.63) is 89.2 Å². The van der Waals surface area contributed by atoms with Gasteiger partial charge in [0.05, 0.1) is 18.8 Å². The average molecular weight is 532 g/mol. The first kappa shape index (κ1) is 25.9. The van der Waals surface area contributed by atoms with Crippen LogP contribution in [-0.4, -0.2) is 37.3 Å². The van der Waals surface area contributed by atoms with Crippen LogP contribution < -0.4 is 20.1 Å². The van der Waals surface area contributed by atoms with Crippen molar-refractivity contribution < 1.29 is 33.0 Å². The summed E-state index contributed by atoms with van der Waals surface area (Å²) < 4.78 is 30.0. The van der Waals surface area contributed by atoms with E-state index in [0.29, 0.717) is 46.9 Å². The maximum atomic E-state index is 13.7. The first-order chi connectivity index (χ1) is 18.9. The van der Waals surface area contributed by atoms with Gasteiger partial charge >= 0.3 is 12.0 Å². The fourth-order valence-corrected chi connectivity index (χ4v) is 4.67. The number of benzene rings is 3. The van der Waals surface area contributed by atoms with Crippen molar-refractivity contribution >= 4 is 29.3 Å². The number of amides is 3. The Morgan fingerprint density at radius 3 is 2.69 bits per heavy atom. The lowest BCUT2D eigenvalue weighted by molar-refractivity contribution is -0.148. The molecular weight excluding hydrogens is 505 g/mol. The molecule has 3 aromatic rings. The Bertz CT molecular complexity index is 1460. The number of nitrogens with zero attached hydrogens (tertiary/aromatic N) is 1. The fraction of sp³-hybridized carbons (Fsp3) is 0.241. The number of hydrogen-bond donors (Lipinski definition) is 2. The zero-order valence-corrected chi connectivity index (χ0v) is 21.1. The molecule has 2 N–H and O–H groups in total. The zero-order chi connectivity index (χ0) is 27.4. The van der Waals surface area contributed by atoms with Crippen molar-refractivity contribution in [2.45, 2.75) is 25.5 Å². The minimum atomic E-state index is -0.958. The van der Waals surface area contributed by atoms with Crippen LogP contribution in [0.1, 0.15) is 29.2 Å². The fourth-order valence-electron chi connectivity index (χ4n) is 4.67. The van der Waals surface area contributed by atoms with E-state index in [1.54, 1.807) is 31.4 Å². The highest BCUT2D eigenvalue weighted by atomic mass is 19.1. The van der Waals surface area contributed by atoms with Crippen molar-refractivity contribution in [2.24, 2.45) is 10.9 Å². The highest BCUT2D eigenvalue weighted by Crippen LogP contribution is 2.35. The summed E-state index contributed by atoms with van der Waals surface area (Å²) in [4.78, 5) is 42.3. The zero-order valence-electron chi connectivity index (χ0n) is 21.1. The van der Waals surface area contributed by atoms with Gasteiger partial charge < -0.3 is 24.8 Å². The molecule has 0 fully saturated rings. The molecule has 0 aromatic heterocycles. The predicted molar refractivity (Wildman–Crippen MR) is 140 cm³/mol. The molecule has 2 heterocycles. The van der Waals surface area contributed by atoms with E-state index in [-0.39, 0.29) is 19.1 Å². The Balaban J connectivity index is 1.44. The summed E-state index contributed by atoms with van der Waals surface area (Å²) in [7, 11) is 1.58. The van der Waals surface area contributed by atoms with Gasteiger partial charge in [0.25, 0.3) is 5.91 Å². The van der Waals surface area contributed by atoms with E-state index in [0.717, 1.165) is 5.56 Å². The molecule has 5 rings (SSSR count). The molecule has 0 aliphatic carbocycles. The third-order valence-electron chi connectivity index (χ3n) is 6.54. The highest BCUT2D eigenvalue weighted by molar-refractivity contribution is 6.09. The summed E-state index contributed by atoms with van der Waals surface area (Å²) in [6, 6.07) is 16.9. The van der Waals surface area contributed by atoms with Gasteiger partial charge in [0.2, 0.25) is 0 Å². The van der Waals surface area contributed by atoms with Gasteiger partial charge in [-0.2, -0.15) is 0 Å². The number of fused-ring (bicyclic) bond motifs is 1. The van der Waals surface area contributed by atoms with Crippen LogP contribution in [0.25, 0.3) is 0 Å². The molecule has 2 unspecified atom stereocenters. The molecule has 9 nitrogen and oxygen atoms in total. The number of esters is 1. The Kier molecular flexibility index (Phi) is 7.53. The summed E-state index contributed by atoms with van der Waals surface area (Å²) in [5.41, 5.74) is 2.79. The topological polar surface area (TPSA) is 115 Å². The molecular formula is C29H26FN3O6. The van der Waals surface area contributed by atoms with Crippen LogP contribution in [0.5, 0.6) is 11.5 Å². The second-order valence-corrected chi connectivity index (χ2v) is 9.19. The molecule has 0 spiro atoms. The monoisotopic (exact) mass is 531 g/mol. The van der Waals surface area contributed by atoms with Gasteiger partial charge in [0.15, 0.2) is 6.61 Å². The van der Waals surface area contributed by atoms with E-state index in [1.165, 1.54) is 18.2 Å². The van der Waals surface area contributed by atoms with Crippen LogP contribution in [0.3, 0.4) is 0 Å². The number of nitrogens with one attached hydrogen (secondary N) is 2. The van der Waals surface area contributed by atoms with Crippen molar-refractivity contribution in [1.29, 1.82) is 0 Å². The summed E-state index contributed by atoms with van der Waals surface area (Å²) >= 11 is 0. The van der Waals surface area contributed by atoms with E-state index >= 15 is 0 Å². The Morgan fingerprint density at radius 1 is 1.05 bits per heavy atom. The number of carbonyl (C=O) groups is 3. The average Bonchev–Trinajstić information content (AvgIpc) is 2.94. The second-order valence-electron chi connectivity index (χ2n) is 9.19. The summed E-state index contributed by atoms with van der Waals surface area (Å²) in [5.74, 6) is -1.15. The van der Waals surface area contributed by atoms with E-state index in [9.17, 15) is 18.8 Å². The molecule has 0 saturated heterocycles. The van der Waals surface area contributed by atoms with Crippen molar-refractivity contribution in [2.75, 3.05) is 19.0 Å². The van der Waals surface area contributed by atoms with Crippen LogP contribution in [0.15, 0.2) is 71.7 Å². The van der Waals surface area contributed by atoms with Crippen molar-refractivity contribution in [3.8, 4) is 11.5 Å². The lowest BCUT2D eigenvalue weighted by atomic mass is 9.85. The first-order valence-corrected chi connectivity index (χ1v) is 12.4. The van der Waals surface area contributed by atoms with Crippen molar-refractivity contribution in [3.63, 3.8) is 0 Å². The van der Waals surface area contributed by atoms with Crippen LogP contribution in [0, 0.1) is 11.7 Å². The van der Waals surface area contributed by atoms with Gasteiger partial charge in [-0.05, 0) is 65.9 Å². The summed E-state index contributed by atoms with van der Waals surface area (Å²) in [5, 5.41) is 5.52. The number of aliphatic imine (C=N–C) groups is 1. The standard InChI is InChI=1S/C29H26FN3O6/c1-37-21-7-3-4-17(13-21)8-10-22-26(28(35)39-15-18-5-2-6-20(30)12-18)27(33-29(36)32-22)19-9-11-24-23(14-19)31-25(34)16-38-24/h2-7,9,11-14,26-27H,8,10,15-16H2,1H3,(H,31,34)(H,33,36). The molecule has 0 radical (unpaired) electrons. The Hall–Kier alpha value is -4.73. The molecule has 0 saturated carbocycles. The van der Waals surface area contributed by atoms with Crippen LogP contribution in [-0.2, 0) is 27.4 Å². The lowest BCUT2D eigenvalue weighted by Gasteiger charge is -2.32. The van der Waals surface area contributed by atoms with E-state index in [1.807, 2.05) is 24.3 Å². The van der Waals surface area contributed by atoms with Crippen molar-refractivity contribution in [1.82, 2.24) is 5.32 Å².